The van der Waals surface area contributed by atoms with Crippen molar-refractivity contribution in [2.24, 2.45) is 0 Å². The average Bonchev–Trinajstić information content (AvgIpc) is 2.84. The van der Waals surface area contributed by atoms with E-state index in [1.165, 1.54) is 18.5 Å². The molecule has 94 valence electrons. The minimum atomic E-state index is -0.983. The van der Waals surface area contributed by atoms with Gasteiger partial charge in [-0.15, -0.1) is 0 Å². The van der Waals surface area contributed by atoms with Crippen LogP contribution < -0.4 is 0 Å². The summed E-state index contributed by atoms with van der Waals surface area (Å²) in [4.78, 5) is 19.2. The Labute approximate surface area is 115 Å². The Morgan fingerprint density at radius 1 is 1.32 bits per heavy atom. The lowest BCUT2D eigenvalue weighted by Gasteiger charge is -2.05. The highest BCUT2D eigenvalue weighted by molar-refractivity contribution is 9.10. The summed E-state index contributed by atoms with van der Waals surface area (Å²) in [6, 6.07) is 4.72. The highest BCUT2D eigenvalue weighted by atomic mass is 79.9. The summed E-state index contributed by atoms with van der Waals surface area (Å²) >= 11 is 3.32. The van der Waals surface area contributed by atoms with Crippen LogP contribution in [0.1, 0.15) is 10.4 Å². The van der Waals surface area contributed by atoms with Gasteiger partial charge in [-0.05, 0) is 34.1 Å². The molecule has 0 saturated heterocycles. The Kier molecular flexibility index (Phi) is 2.75. The minimum Gasteiger partial charge on any atom is -0.478 e. The van der Waals surface area contributed by atoms with Crippen molar-refractivity contribution >= 4 is 32.8 Å². The maximum atomic E-state index is 10.9. The molecule has 0 aliphatic carbocycles. The Morgan fingerprint density at radius 2 is 2.16 bits per heavy atom. The zero-order valence-electron chi connectivity index (χ0n) is 9.49. The second-order valence-corrected chi connectivity index (χ2v) is 4.75. The van der Waals surface area contributed by atoms with E-state index in [9.17, 15) is 4.79 Å². The number of benzene rings is 1. The largest absolute Gasteiger partial charge is 0.478 e. The van der Waals surface area contributed by atoms with E-state index < -0.39 is 5.97 Å². The van der Waals surface area contributed by atoms with Gasteiger partial charge in [0.1, 0.15) is 6.33 Å². The van der Waals surface area contributed by atoms with Crippen molar-refractivity contribution in [2.75, 3.05) is 0 Å². The summed E-state index contributed by atoms with van der Waals surface area (Å²) in [5, 5.41) is 13.9. The summed E-state index contributed by atoms with van der Waals surface area (Å²) in [7, 11) is 0. The fourth-order valence-electron chi connectivity index (χ4n) is 1.78. The van der Waals surface area contributed by atoms with Gasteiger partial charge >= 0.3 is 5.97 Å². The number of hydrogen-bond acceptors (Lipinski definition) is 4. The molecular weight excluding hydrogens is 312 g/mol. The number of hydrogen-bond donors (Lipinski definition) is 1. The third kappa shape index (κ3) is 2.08. The lowest BCUT2D eigenvalue weighted by Crippen LogP contribution is -2.01. The summed E-state index contributed by atoms with van der Waals surface area (Å²) in [5.41, 5.74) is 0.760. The van der Waals surface area contributed by atoms with Crippen molar-refractivity contribution in [3.63, 3.8) is 0 Å². The third-order valence-electron chi connectivity index (χ3n) is 2.63. The molecule has 0 bridgehead atoms. The Morgan fingerprint density at radius 3 is 2.84 bits per heavy atom. The molecule has 3 aromatic rings. The molecule has 0 unspecified atom stereocenters. The van der Waals surface area contributed by atoms with Crippen molar-refractivity contribution in [1.82, 2.24) is 19.7 Å². The molecule has 6 nitrogen and oxygen atoms in total. The molecule has 0 amide bonds. The Bertz CT molecular complexity index is 784. The molecule has 0 spiro atoms. The van der Waals surface area contributed by atoms with Gasteiger partial charge in [0, 0.05) is 11.6 Å². The quantitative estimate of drug-likeness (QED) is 0.784. The molecule has 0 aliphatic heterocycles. The first-order chi connectivity index (χ1) is 9.15. The average molecular weight is 319 g/mol. The topological polar surface area (TPSA) is 80.9 Å². The molecule has 7 heteroatoms. The van der Waals surface area contributed by atoms with Gasteiger partial charge in [-0.1, -0.05) is 0 Å². The lowest BCUT2D eigenvalue weighted by atomic mass is 10.1. The third-order valence-corrected chi connectivity index (χ3v) is 3.04. The molecule has 0 atom stereocenters. The van der Waals surface area contributed by atoms with Crippen molar-refractivity contribution in [1.29, 1.82) is 0 Å². The number of carboxylic acid groups (broad SMARTS) is 1. The van der Waals surface area contributed by atoms with Gasteiger partial charge in [0.2, 0.25) is 0 Å². The van der Waals surface area contributed by atoms with Gasteiger partial charge in [-0.25, -0.2) is 19.4 Å². The van der Waals surface area contributed by atoms with Gasteiger partial charge in [-0.3, -0.25) is 0 Å². The van der Waals surface area contributed by atoms with Gasteiger partial charge in [0.15, 0.2) is 5.82 Å². The van der Waals surface area contributed by atoms with Gasteiger partial charge < -0.3 is 5.11 Å². The molecule has 3 rings (SSSR count). The van der Waals surface area contributed by atoms with E-state index in [0.717, 1.165) is 9.86 Å². The second kappa shape index (κ2) is 4.43. The van der Waals surface area contributed by atoms with Gasteiger partial charge in [-0.2, -0.15) is 5.10 Å². The number of nitrogens with zero attached hydrogens (tertiary/aromatic N) is 4. The van der Waals surface area contributed by atoms with E-state index >= 15 is 0 Å². The molecule has 2 aromatic heterocycles. The van der Waals surface area contributed by atoms with Crippen LogP contribution in [0.4, 0.5) is 0 Å². The minimum absolute atomic E-state index is 0.193. The van der Waals surface area contributed by atoms with Crippen LogP contribution in [0.2, 0.25) is 0 Å². The fraction of sp³-hybridized carbons (Fsp3) is 0. The fourth-order valence-corrected chi connectivity index (χ4v) is 2.06. The molecule has 1 aromatic carbocycles. The van der Waals surface area contributed by atoms with Gasteiger partial charge in [0.25, 0.3) is 0 Å². The maximum absolute atomic E-state index is 10.9. The monoisotopic (exact) mass is 318 g/mol. The molecule has 1 N–H and O–H groups in total. The van der Waals surface area contributed by atoms with Crippen LogP contribution in [0.25, 0.3) is 16.7 Å². The lowest BCUT2D eigenvalue weighted by molar-refractivity contribution is 0.0697. The van der Waals surface area contributed by atoms with Crippen LogP contribution >= 0.6 is 15.9 Å². The highest BCUT2D eigenvalue weighted by Crippen LogP contribution is 2.20. The van der Waals surface area contributed by atoms with Crippen LogP contribution in [0.3, 0.4) is 0 Å². The van der Waals surface area contributed by atoms with Crippen LogP contribution in [0.15, 0.2) is 41.4 Å². The van der Waals surface area contributed by atoms with Crippen LogP contribution in [-0.4, -0.2) is 30.8 Å². The first kappa shape index (κ1) is 11.8. The van der Waals surface area contributed by atoms with Gasteiger partial charge in [0.05, 0.1) is 21.7 Å². The molecule has 0 fully saturated rings. The standard InChI is InChI=1S/C12H7BrN4O2/c13-8-4-16-17(5-8)11-9-2-1-7(12(18)19)3-10(9)14-6-15-11/h1-6H,(H,18,19). The summed E-state index contributed by atoms with van der Waals surface area (Å²) in [6.07, 6.45) is 4.81. The van der Waals surface area contributed by atoms with E-state index in [1.807, 2.05) is 0 Å². The number of aromatic nitrogens is 4. The zero-order valence-corrected chi connectivity index (χ0v) is 11.1. The van der Waals surface area contributed by atoms with Crippen LogP contribution in [0, 0.1) is 0 Å². The van der Waals surface area contributed by atoms with E-state index in [1.54, 1.807) is 23.1 Å². The van der Waals surface area contributed by atoms with Crippen LogP contribution in [0.5, 0.6) is 0 Å². The molecule has 19 heavy (non-hydrogen) atoms. The number of fused-ring (bicyclic) bond motifs is 1. The number of aromatic carboxylic acids is 1. The Balaban J connectivity index is 2.24. The van der Waals surface area contributed by atoms with Crippen molar-refractivity contribution in [2.45, 2.75) is 0 Å². The van der Waals surface area contributed by atoms with Crippen LogP contribution in [-0.2, 0) is 0 Å². The predicted molar refractivity (Wildman–Crippen MR) is 71.3 cm³/mol. The molecule has 0 saturated carbocycles. The molecule has 2 heterocycles. The summed E-state index contributed by atoms with van der Waals surface area (Å²) in [5.74, 6) is -0.378. The summed E-state index contributed by atoms with van der Waals surface area (Å²) < 4.78 is 2.44. The molecule has 0 radical (unpaired) electrons. The second-order valence-electron chi connectivity index (χ2n) is 3.84. The summed E-state index contributed by atoms with van der Waals surface area (Å²) in [6.45, 7) is 0. The number of carbonyl (C=O) groups is 1. The number of carboxylic acids is 1. The Hall–Kier alpha value is -2.28. The van der Waals surface area contributed by atoms with E-state index in [0.29, 0.717) is 11.3 Å². The van der Waals surface area contributed by atoms with Crippen molar-refractivity contribution in [3.8, 4) is 5.82 Å². The SMILES string of the molecule is O=C(O)c1ccc2c(-n3cc(Br)cn3)ncnc2c1. The van der Waals surface area contributed by atoms with Crippen molar-refractivity contribution in [3.05, 3.63) is 47.0 Å². The van der Waals surface area contributed by atoms with E-state index in [-0.39, 0.29) is 5.56 Å². The predicted octanol–water partition coefficient (Wildman–Crippen LogP) is 2.28. The van der Waals surface area contributed by atoms with E-state index in [2.05, 4.69) is 31.0 Å². The first-order valence-corrected chi connectivity index (χ1v) is 6.13. The van der Waals surface area contributed by atoms with E-state index in [4.69, 9.17) is 5.11 Å². The highest BCUT2D eigenvalue weighted by Gasteiger charge is 2.10. The maximum Gasteiger partial charge on any atom is 0.335 e. The first-order valence-electron chi connectivity index (χ1n) is 5.34. The smallest absolute Gasteiger partial charge is 0.335 e. The number of rotatable bonds is 2. The van der Waals surface area contributed by atoms with Crippen molar-refractivity contribution < 1.29 is 9.90 Å². The zero-order chi connectivity index (χ0) is 13.4. The number of halogens is 1. The molecular formula is C12H7BrN4O2. The molecule has 0 aliphatic rings. The normalized spacial score (nSPS) is 10.8.